The van der Waals surface area contributed by atoms with Crippen molar-refractivity contribution in [3.63, 3.8) is 0 Å². The molecule has 31 heavy (non-hydrogen) atoms. The molecule has 1 aliphatic rings. The number of nitrogens with zero attached hydrogens (tertiary/aromatic N) is 4. The molecule has 3 N–H and O–H groups in total. The molecule has 0 spiro atoms. The number of rotatable bonds is 5. The third-order valence-corrected chi connectivity index (χ3v) is 5.71. The molecule has 0 radical (unpaired) electrons. The predicted molar refractivity (Wildman–Crippen MR) is 115 cm³/mol. The van der Waals surface area contributed by atoms with Crippen molar-refractivity contribution >= 4 is 27.6 Å². The summed E-state index contributed by atoms with van der Waals surface area (Å²) in [5.74, 6) is 1.57. The molecule has 1 saturated heterocycles. The molecule has 2 aromatic heterocycles. The number of hydrogen-bond donors (Lipinski definition) is 2. The summed E-state index contributed by atoms with van der Waals surface area (Å²) in [6.07, 6.45) is 3.94. The van der Waals surface area contributed by atoms with Crippen molar-refractivity contribution in [2.45, 2.75) is 26.0 Å². The van der Waals surface area contributed by atoms with Gasteiger partial charge in [-0.25, -0.2) is 14.6 Å². The molecule has 9 heteroatoms. The number of aromatic nitrogens is 4. The zero-order valence-corrected chi connectivity index (χ0v) is 16.8. The van der Waals surface area contributed by atoms with Crippen LogP contribution in [0.4, 0.5) is 14.6 Å². The molecule has 7 nitrogen and oxygen atoms in total. The van der Waals surface area contributed by atoms with Crippen LogP contribution in [0.2, 0.25) is 0 Å². The van der Waals surface area contributed by atoms with E-state index in [0.717, 1.165) is 59.8 Å². The van der Waals surface area contributed by atoms with Gasteiger partial charge >= 0.3 is 6.61 Å². The summed E-state index contributed by atoms with van der Waals surface area (Å²) in [6, 6.07) is 10.4. The molecule has 0 atom stereocenters. The van der Waals surface area contributed by atoms with E-state index in [1.807, 2.05) is 22.9 Å². The first kappa shape index (κ1) is 19.6. The standard InChI is InChI=1S/C22H22F2N6O/c23-22(24)31-17-4-3-14-9-16(2-1-15(14)10-17)20-28-19(25)18-11-27-30(21(18)29-20)12-13-5-7-26-8-6-13/h1-4,9-11,13,22,26H,5-8,12H2,(H2,25,28,29). The van der Waals surface area contributed by atoms with Crippen LogP contribution in [0.15, 0.2) is 42.6 Å². The molecule has 0 unspecified atom stereocenters. The van der Waals surface area contributed by atoms with Crippen molar-refractivity contribution in [2.75, 3.05) is 18.8 Å². The summed E-state index contributed by atoms with van der Waals surface area (Å²) in [6.45, 7) is -0.0125. The molecule has 1 fully saturated rings. The Balaban J connectivity index is 1.50. The lowest BCUT2D eigenvalue weighted by Crippen LogP contribution is -2.30. The fourth-order valence-corrected chi connectivity index (χ4v) is 4.09. The van der Waals surface area contributed by atoms with Crippen LogP contribution in [0.3, 0.4) is 0 Å². The van der Waals surface area contributed by atoms with Crippen molar-refractivity contribution in [2.24, 2.45) is 5.92 Å². The molecule has 160 valence electrons. The SMILES string of the molecule is Nc1nc(-c2ccc3cc(OC(F)F)ccc3c2)nc2c1cnn2CC1CCNCC1. The first-order chi connectivity index (χ1) is 15.1. The summed E-state index contributed by atoms with van der Waals surface area (Å²) in [4.78, 5) is 9.24. The average Bonchev–Trinajstić information content (AvgIpc) is 3.17. The predicted octanol–water partition coefficient (Wildman–Crippen LogP) is 3.83. The molecular formula is C22H22F2N6O. The summed E-state index contributed by atoms with van der Waals surface area (Å²) in [5.41, 5.74) is 7.73. The second kappa shape index (κ2) is 8.07. The Morgan fingerprint density at radius 3 is 2.68 bits per heavy atom. The van der Waals surface area contributed by atoms with E-state index in [2.05, 4.69) is 20.1 Å². The van der Waals surface area contributed by atoms with Gasteiger partial charge in [-0.1, -0.05) is 18.2 Å². The maximum absolute atomic E-state index is 12.5. The molecule has 3 heterocycles. The number of nitrogens with one attached hydrogen (secondary N) is 1. The van der Waals surface area contributed by atoms with Crippen LogP contribution in [0, 0.1) is 5.92 Å². The number of nitrogens with two attached hydrogens (primary N) is 1. The molecule has 0 amide bonds. The molecule has 0 aliphatic carbocycles. The van der Waals surface area contributed by atoms with Crippen molar-refractivity contribution in [1.82, 2.24) is 25.1 Å². The Bertz CT molecular complexity index is 1240. The highest BCUT2D eigenvalue weighted by Gasteiger charge is 2.18. The van der Waals surface area contributed by atoms with Crippen molar-refractivity contribution in [1.29, 1.82) is 0 Å². The summed E-state index contributed by atoms with van der Waals surface area (Å²) < 4.78 is 31.3. The van der Waals surface area contributed by atoms with E-state index >= 15 is 0 Å². The number of fused-ring (bicyclic) bond motifs is 2. The summed E-state index contributed by atoms with van der Waals surface area (Å²) in [7, 11) is 0. The molecule has 0 bridgehead atoms. The summed E-state index contributed by atoms with van der Waals surface area (Å²) in [5, 5.41) is 10.3. The Hall–Kier alpha value is -3.33. The van der Waals surface area contributed by atoms with E-state index in [1.54, 1.807) is 18.3 Å². The van der Waals surface area contributed by atoms with Gasteiger partial charge in [0.15, 0.2) is 11.5 Å². The van der Waals surface area contributed by atoms with E-state index in [0.29, 0.717) is 17.6 Å². The number of benzene rings is 2. The second-order valence-electron chi connectivity index (χ2n) is 7.79. The minimum atomic E-state index is -2.85. The molecule has 2 aromatic carbocycles. The third kappa shape index (κ3) is 4.00. The smallest absolute Gasteiger partial charge is 0.387 e. The lowest BCUT2D eigenvalue weighted by Gasteiger charge is -2.22. The minimum Gasteiger partial charge on any atom is -0.435 e. The minimum absolute atomic E-state index is 0.124. The summed E-state index contributed by atoms with van der Waals surface area (Å²) >= 11 is 0. The highest BCUT2D eigenvalue weighted by molar-refractivity contribution is 5.90. The quantitative estimate of drug-likeness (QED) is 0.506. The molecule has 1 aliphatic heterocycles. The lowest BCUT2D eigenvalue weighted by molar-refractivity contribution is -0.0497. The fourth-order valence-electron chi connectivity index (χ4n) is 4.09. The molecule has 5 rings (SSSR count). The van der Waals surface area contributed by atoms with Gasteiger partial charge in [-0.3, -0.25) is 0 Å². The number of anilines is 1. The van der Waals surface area contributed by atoms with Crippen LogP contribution >= 0.6 is 0 Å². The topological polar surface area (TPSA) is 90.9 Å². The Morgan fingerprint density at radius 2 is 1.87 bits per heavy atom. The van der Waals surface area contributed by atoms with Crippen LogP contribution in [0.5, 0.6) is 5.75 Å². The number of halogens is 2. The normalized spacial score (nSPS) is 15.2. The van der Waals surface area contributed by atoms with E-state index in [9.17, 15) is 8.78 Å². The van der Waals surface area contributed by atoms with Gasteiger partial charge in [-0.2, -0.15) is 13.9 Å². The van der Waals surface area contributed by atoms with Gasteiger partial charge in [0.1, 0.15) is 11.6 Å². The van der Waals surface area contributed by atoms with Crippen molar-refractivity contribution in [3.8, 4) is 17.1 Å². The monoisotopic (exact) mass is 424 g/mol. The van der Waals surface area contributed by atoms with Crippen LogP contribution in [-0.2, 0) is 6.54 Å². The van der Waals surface area contributed by atoms with Crippen LogP contribution < -0.4 is 15.8 Å². The van der Waals surface area contributed by atoms with Gasteiger partial charge in [0.05, 0.1) is 11.6 Å². The van der Waals surface area contributed by atoms with Gasteiger partial charge in [0.25, 0.3) is 0 Å². The zero-order valence-electron chi connectivity index (χ0n) is 16.8. The van der Waals surface area contributed by atoms with Crippen LogP contribution in [-0.4, -0.2) is 39.4 Å². The Morgan fingerprint density at radius 1 is 1.10 bits per heavy atom. The number of piperidine rings is 1. The number of ether oxygens (including phenoxy) is 1. The number of nitrogen functional groups attached to an aromatic ring is 1. The van der Waals surface area contributed by atoms with Gasteiger partial charge in [-0.15, -0.1) is 0 Å². The van der Waals surface area contributed by atoms with Crippen LogP contribution in [0.1, 0.15) is 12.8 Å². The van der Waals surface area contributed by atoms with Crippen molar-refractivity contribution < 1.29 is 13.5 Å². The first-order valence-corrected chi connectivity index (χ1v) is 10.3. The fraction of sp³-hybridized carbons (Fsp3) is 0.318. The Labute approximate surface area is 177 Å². The first-order valence-electron chi connectivity index (χ1n) is 10.3. The van der Waals surface area contributed by atoms with E-state index in [1.165, 1.54) is 6.07 Å². The van der Waals surface area contributed by atoms with Crippen molar-refractivity contribution in [3.05, 3.63) is 42.6 Å². The molecule has 4 aromatic rings. The number of alkyl halides is 2. The third-order valence-electron chi connectivity index (χ3n) is 5.71. The van der Waals surface area contributed by atoms with E-state index < -0.39 is 6.61 Å². The largest absolute Gasteiger partial charge is 0.435 e. The Kier molecular flexibility index (Phi) is 5.11. The van der Waals surface area contributed by atoms with Gasteiger partial charge in [0, 0.05) is 12.1 Å². The van der Waals surface area contributed by atoms with Gasteiger partial charge in [0.2, 0.25) is 0 Å². The van der Waals surface area contributed by atoms with Gasteiger partial charge < -0.3 is 15.8 Å². The maximum atomic E-state index is 12.5. The lowest BCUT2D eigenvalue weighted by atomic mass is 9.98. The maximum Gasteiger partial charge on any atom is 0.387 e. The zero-order chi connectivity index (χ0) is 21.4. The number of hydrogen-bond acceptors (Lipinski definition) is 6. The highest BCUT2D eigenvalue weighted by Crippen LogP contribution is 2.29. The second-order valence-corrected chi connectivity index (χ2v) is 7.79. The highest BCUT2D eigenvalue weighted by atomic mass is 19.3. The van der Waals surface area contributed by atoms with Crippen LogP contribution in [0.25, 0.3) is 33.2 Å². The van der Waals surface area contributed by atoms with Gasteiger partial charge in [-0.05, 0) is 60.8 Å². The van der Waals surface area contributed by atoms with E-state index in [-0.39, 0.29) is 5.75 Å². The molecule has 0 saturated carbocycles. The molecular weight excluding hydrogens is 402 g/mol. The average molecular weight is 424 g/mol. The van der Waals surface area contributed by atoms with E-state index in [4.69, 9.17) is 10.7 Å².